The van der Waals surface area contributed by atoms with Crippen molar-refractivity contribution in [1.29, 1.82) is 0 Å². The molecule has 0 unspecified atom stereocenters. The summed E-state index contributed by atoms with van der Waals surface area (Å²) < 4.78 is 0. The molecule has 0 amide bonds. The highest BCUT2D eigenvalue weighted by Crippen LogP contribution is 1.82. The Labute approximate surface area is 92.1 Å². The molecule has 14 heavy (non-hydrogen) atoms. The van der Waals surface area contributed by atoms with Crippen LogP contribution in [0.25, 0.3) is 0 Å². The molecule has 0 fully saturated rings. The number of allylic oxidation sites excluding steroid dienone is 2. The molecule has 0 aliphatic rings. The largest absolute Gasteiger partial charge is 0.103 e. The topological polar surface area (TPSA) is 0 Å². The molecule has 0 aromatic heterocycles. The molecular weight excluding hydrogens is 168 g/mol. The zero-order valence-electron chi connectivity index (χ0n) is 11.0. The Balaban J connectivity index is -0.000000131. The normalized spacial score (nSPS) is 7.86. The van der Waals surface area contributed by atoms with Crippen molar-refractivity contribution in [2.45, 2.75) is 60.3 Å². The lowest BCUT2D eigenvalue weighted by molar-refractivity contribution is 0.737. The van der Waals surface area contributed by atoms with E-state index in [1.807, 2.05) is 12.2 Å². The Morgan fingerprint density at radius 1 is 0.857 bits per heavy atom. The molecule has 0 aromatic rings. The zero-order chi connectivity index (χ0) is 11.8. The van der Waals surface area contributed by atoms with Crippen LogP contribution in [-0.2, 0) is 0 Å². The summed E-state index contributed by atoms with van der Waals surface area (Å²) in [6.07, 6.45) is 8.62. The summed E-state index contributed by atoms with van der Waals surface area (Å²) in [5.74, 6) is 0.833. The van der Waals surface area contributed by atoms with Crippen molar-refractivity contribution < 1.29 is 0 Å². The van der Waals surface area contributed by atoms with E-state index in [2.05, 4.69) is 47.8 Å². The molecule has 0 saturated carbocycles. The first-order valence-corrected chi connectivity index (χ1v) is 5.78. The van der Waals surface area contributed by atoms with E-state index in [1.165, 1.54) is 12.8 Å². The van der Waals surface area contributed by atoms with Crippen LogP contribution < -0.4 is 0 Å². The lowest BCUT2D eigenvalue weighted by atomic mass is 10.3. The van der Waals surface area contributed by atoms with Crippen molar-refractivity contribution in [1.82, 2.24) is 0 Å². The summed E-state index contributed by atoms with van der Waals surface area (Å²) in [6, 6.07) is 0. The van der Waals surface area contributed by atoms with Gasteiger partial charge in [0.25, 0.3) is 0 Å². The molecule has 0 aromatic carbocycles. The van der Waals surface area contributed by atoms with Crippen LogP contribution in [0.3, 0.4) is 0 Å². The van der Waals surface area contributed by atoms with E-state index in [1.54, 1.807) is 0 Å². The van der Waals surface area contributed by atoms with Gasteiger partial charge in [-0.05, 0) is 18.8 Å². The Bertz CT molecular complexity index is 77.5. The van der Waals surface area contributed by atoms with Crippen LogP contribution in [0.15, 0.2) is 25.3 Å². The van der Waals surface area contributed by atoms with E-state index in [0.29, 0.717) is 0 Å². The third-order valence-corrected chi connectivity index (χ3v) is 0.986. The first kappa shape index (κ1) is 19.1. The van der Waals surface area contributed by atoms with E-state index in [4.69, 9.17) is 0 Å². The van der Waals surface area contributed by atoms with Crippen LogP contribution in [0.1, 0.15) is 60.3 Å². The summed E-state index contributed by atoms with van der Waals surface area (Å²) >= 11 is 0. The molecule has 86 valence electrons. The Kier molecular flexibility index (Phi) is 31.2. The van der Waals surface area contributed by atoms with Crippen LogP contribution in [0.2, 0.25) is 0 Å². The second-order valence-corrected chi connectivity index (χ2v) is 3.89. The van der Waals surface area contributed by atoms with E-state index < -0.39 is 0 Å². The maximum atomic E-state index is 3.55. The molecule has 0 heteroatoms. The molecule has 0 radical (unpaired) electrons. The molecule has 0 bridgehead atoms. The van der Waals surface area contributed by atoms with Gasteiger partial charge in [0.15, 0.2) is 0 Å². The quantitative estimate of drug-likeness (QED) is 0.515. The molecule has 0 spiro atoms. The SMILES string of the molecule is C=CCCC.C=CCCC.CC(C)C. The molecule has 0 heterocycles. The minimum absolute atomic E-state index is 0.833. The van der Waals surface area contributed by atoms with Crippen molar-refractivity contribution in [3.63, 3.8) is 0 Å². The van der Waals surface area contributed by atoms with Crippen molar-refractivity contribution in [3.8, 4) is 0 Å². The van der Waals surface area contributed by atoms with Gasteiger partial charge in [-0.3, -0.25) is 0 Å². The summed E-state index contributed by atoms with van der Waals surface area (Å²) in [5.41, 5.74) is 0. The lowest BCUT2D eigenvalue weighted by Crippen LogP contribution is -1.66. The van der Waals surface area contributed by atoms with Gasteiger partial charge in [-0.15, -0.1) is 13.2 Å². The number of rotatable bonds is 4. The lowest BCUT2D eigenvalue weighted by Gasteiger charge is -1.79. The van der Waals surface area contributed by atoms with E-state index in [0.717, 1.165) is 18.8 Å². The van der Waals surface area contributed by atoms with E-state index >= 15 is 0 Å². The maximum absolute atomic E-state index is 3.55. The van der Waals surface area contributed by atoms with Crippen molar-refractivity contribution in [2.75, 3.05) is 0 Å². The molecule has 0 aliphatic carbocycles. The summed E-state index contributed by atoms with van der Waals surface area (Å²) in [5, 5.41) is 0. The molecule has 0 rings (SSSR count). The van der Waals surface area contributed by atoms with Gasteiger partial charge in [-0.1, -0.05) is 59.6 Å². The predicted octanol–water partition coefficient (Wildman–Crippen LogP) is 5.61. The van der Waals surface area contributed by atoms with Gasteiger partial charge in [0, 0.05) is 0 Å². The third-order valence-electron chi connectivity index (χ3n) is 0.986. The second kappa shape index (κ2) is 22.9. The van der Waals surface area contributed by atoms with Gasteiger partial charge in [0.2, 0.25) is 0 Å². The van der Waals surface area contributed by atoms with Crippen molar-refractivity contribution >= 4 is 0 Å². The van der Waals surface area contributed by atoms with Crippen LogP contribution in [0.5, 0.6) is 0 Å². The Morgan fingerprint density at radius 2 is 1.07 bits per heavy atom. The minimum atomic E-state index is 0.833. The molecular formula is C14H30. The molecule has 0 atom stereocenters. The van der Waals surface area contributed by atoms with Crippen LogP contribution >= 0.6 is 0 Å². The number of hydrogen-bond donors (Lipinski definition) is 0. The third kappa shape index (κ3) is 104. The van der Waals surface area contributed by atoms with Gasteiger partial charge in [-0.2, -0.15) is 0 Å². The van der Waals surface area contributed by atoms with E-state index in [9.17, 15) is 0 Å². The van der Waals surface area contributed by atoms with Gasteiger partial charge in [0.1, 0.15) is 0 Å². The summed E-state index contributed by atoms with van der Waals surface area (Å²) in [4.78, 5) is 0. The molecule has 0 N–H and O–H groups in total. The van der Waals surface area contributed by atoms with Gasteiger partial charge < -0.3 is 0 Å². The first-order chi connectivity index (χ1) is 6.56. The average Bonchev–Trinajstić information content (AvgIpc) is 2.07. The highest BCUT2D eigenvalue weighted by atomic mass is 13.7. The molecule has 0 aliphatic heterocycles. The zero-order valence-corrected chi connectivity index (χ0v) is 11.0. The number of unbranched alkanes of at least 4 members (excludes halogenated alkanes) is 2. The standard InChI is InChI=1S/2C5H10.C4H10/c2*1-3-5-4-2;1-4(2)3/h2*3H,1,4-5H2,2H3;4H,1-3H3. The minimum Gasteiger partial charge on any atom is -0.103 e. The monoisotopic (exact) mass is 198 g/mol. The van der Waals surface area contributed by atoms with Crippen molar-refractivity contribution in [3.05, 3.63) is 25.3 Å². The second-order valence-electron chi connectivity index (χ2n) is 3.89. The predicted molar refractivity (Wildman–Crippen MR) is 70.7 cm³/mol. The fourth-order valence-electron chi connectivity index (χ4n) is 0.408. The highest BCUT2D eigenvalue weighted by molar-refractivity contribution is 4.63. The van der Waals surface area contributed by atoms with Gasteiger partial charge in [0.05, 0.1) is 0 Å². The Hall–Kier alpha value is -0.520. The fraction of sp³-hybridized carbons (Fsp3) is 0.714. The van der Waals surface area contributed by atoms with Crippen molar-refractivity contribution in [2.24, 2.45) is 5.92 Å². The number of hydrogen-bond acceptors (Lipinski definition) is 0. The first-order valence-electron chi connectivity index (χ1n) is 5.78. The maximum Gasteiger partial charge on any atom is -0.0356 e. The summed E-state index contributed by atoms with van der Waals surface area (Å²) in [6.45, 7) is 17.9. The van der Waals surface area contributed by atoms with Gasteiger partial charge >= 0.3 is 0 Å². The summed E-state index contributed by atoms with van der Waals surface area (Å²) in [7, 11) is 0. The average molecular weight is 198 g/mol. The highest BCUT2D eigenvalue weighted by Gasteiger charge is 1.68. The van der Waals surface area contributed by atoms with Crippen LogP contribution in [-0.4, -0.2) is 0 Å². The smallest absolute Gasteiger partial charge is 0.0356 e. The van der Waals surface area contributed by atoms with Crippen LogP contribution in [0.4, 0.5) is 0 Å². The molecule has 0 saturated heterocycles. The molecule has 0 nitrogen and oxygen atoms in total. The van der Waals surface area contributed by atoms with Crippen LogP contribution in [0, 0.1) is 5.92 Å². The fourth-order valence-corrected chi connectivity index (χ4v) is 0.408. The van der Waals surface area contributed by atoms with Gasteiger partial charge in [-0.25, -0.2) is 0 Å². The Morgan fingerprint density at radius 3 is 1.07 bits per heavy atom. The van der Waals surface area contributed by atoms with E-state index in [-0.39, 0.29) is 0 Å².